The number of nitriles is 1. The first-order valence-electron chi connectivity index (χ1n) is 8.32. The summed E-state index contributed by atoms with van der Waals surface area (Å²) in [6.45, 7) is 0. The van der Waals surface area contributed by atoms with Crippen molar-refractivity contribution in [3.05, 3.63) is 83.7 Å². The van der Waals surface area contributed by atoms with Gasteiger partial charge in [-0.3, -0.25) is 14.6 Å². The molecule has 2 aromatic carbocycles. The third-order valence-electron chi connectivity index (χ3n) is 3.90. The van der Waals surface area contributed by atoms with Gasteiger partial charge in [0.2, 0.25) is 0 Å². The summed E-state index contributed by atoms with van der Waals surface area (Å²) < 4.78 is 5.08. The van der Waals surface area contributed by atoms with Crippen molar-refractivity contribution < 1.29 is 14.3 Å². The van der Waals surface area contributed by atoms with Crippen molar-refractivity contribution in [3.8, 4) is 11.8 Å². The number of benzene rings is 2. The van der Waals surface area contributed by atoms with Crippen molar-refractivity contribution in [2.45, 2.75) is 0 Å². The maximum Gasteiger partial charge on any atom is 0.274 e. The molecule has 2 N–H and O–H groups in total. The number of methoxy groups -OCH3 is 1. The topological polar surface area (TPSA) is 104 Å². The van der Waals surface area contributed by atoms with Gasteiger partial charge in [0, 0.05) is 17.4 Å². The fourth-order valence-corrected chi connectivity index (χ4v) is 2.45. The van der Waals surface area contributed by atoms with Gasteiger partial charge >= 0.3 is 0 Å². The normalized spacial score (nSPS) is 9.86. The zero-order valence-electron chi connectivity index (χ0n) is 15.0. The summed E-state index contributed by atoms with van der Waals surface area (Å²) >= 11 is 0. The average Bonchev–Trinajstić information content (AvgIpc) is 2.74. The van der Waals surface area contributed by atoms with E-state index in [1.165, 1.54) is 18.3 Å². The van der Waals surface area contributed by atoms with E-state index in [-0.39, 0.29) is 17.2 Å². The SMILES string of the molecule is COc1ccc(NC(=O)c2ccnc(C(=O)Nc3ccccc3C#N)c2)cc1. The first-order chi connectivity index (χ1) is 13.6. The van der Waals surface area contributed by atoms with E-state index in [2.05, 4.69) is 15.6 Å². The van der Waals surface area contributed by atoms with Crippen LogP contribution in [0.3, 0.4) is 0 Å². The summed E-state index contributed by atoms with van der Waals surface area (Å²) in [6.07, 6.45) is 1.38. The highest BCUT2D eigenvalue weighted by molar-refractivity contribution is 6.08. The molecule has 0 aliphatic rings. The highest BCUT2D eigenvalue weighted by atomic mass is 16.5. The molecular formula is C21H16N4O3. The van der Waals surface area contributed by atoms with E-state index < -0.39 is 5.91 Å². The van der Waals surface area contributed by atoms with Gasteiger partial charge in [-0.1, -0.05) is 12.1 Å². The summed E-state index contributed by atoms with van der Waals surface area (Å²) in [6, 6.07) is 18.4. The average molecular weight is 372 g/mol. The number of anilines is 2. The van der Waals surface area contributed by atoms with Crippen LogP contribution < -0.4 is 15.4 Å². The lowest BCUT2D eigenvalue weighted by Crippen LogP contribution is -2.17. The Labute approximate surface area is 161 Å². The van der Waals surface area contributed by atoms with Crippen LogP contribution in [0.15, 0.2) is 66.9 Å². The number of para-hydroxylation sites is 1. The molecule has 28 heavy (non-hydrogen) atoms. The minimum atomic E-state index is -0.512. The second kappa shape index (κ2) is 8.47. The van der Waals surface area contributed by atoms with Crippen molar-refractivity contribution in [3.63, 3.8) is 0 Å². The molecule has 0 unspecified atom stereocenters. The number of aromatic nitrogens is 1. The van der Waals surface area contributed by atoms with Gasteiger partial charge in [0.05, 0.1) is 18.4 Å². The van der Waals surface area contributed by atoms with Gasteiger partial charge in [0.15, 0.2) is 0 Å². The van der Waals surface area contributed by atoms with Gasteiger partial charge in [-0.2, -0.15) is 5.26 Å². The second-order valence-electron chi connectivity index (χ2n) is 5.72. The minimum Gasteiger partial charge on any atom is -0.497 e. The molecule has 1 heterocycles. The molecule has 3 aromatic rings. The largest absolute Gasteiger partial charge is 0.497 e. The quantitative estimate of drug-likeness (QED) is 0.714. The molecule has 3 rings (SSSR count). The molecule has 2 amide bonds. The predicted molar refractivity (Wildman–Crippen MR) is 104 cm³/mol. The zero-order chi connectivity index (χ0) is 19.9. The highest BCUT2D eigenvalue weighted by Gasteiger charge is 2.14. The van der Waals surface area contributed by atoms with E-state index in [1.54, 1.807) is 55.6 Å². The molecule has 0 saturated carbocycles. The number of nitrogens with one attached hydrogen (secondary N) is 2. The smallest absolute Gasteiger partial charge is 0.274 e. The van der Waals surface area contributed by atoms with Crippen LogP contribution in [0.4, 0.5) is 11.4 Å². The number of pyridine rings is 1. The molecule has 0 fully saturated rings. The lowest BCUT2D eigenvalue weighted by molar-refractivity contribution is 0.102. The van der Waals surface area contributed by atoms with E-state index in [9.17, 15) is 9.59 Å². The third-order valence-corrected chi connectivity index (χ3v) is 3.90. The van der Waals surface area contributed by atoms with Crippen LogP contribution in [0.2, 0.25) is 0 Å². The summed E-state index contributed by atoms with van der Waals surface area (Å²) in [5.41, 5.74) is 1.66. The van der Waals surface area contributed by atoms with E-state index in [0.717, 1.165) is 0 Å². The molecule has 7 nitrogen and oxygen atoms in total. The molecule has 0 aliphatic carbocycles. The Morgan fingerprint density at radius 2 is 1.75 bits per heavy atom. The van der Waals surface area contributed by atoms with Gasteiger partial charge in [0.1, 0.15) is 17.5 Å². The monoisotopic (exact) mass is 372 g/mol. The van der Waals surface area contributed by atoms with Crippen LogP contribution in [0, 0.1) is 11.3 Å². The van der Waals surface area contributed by atoms with Crippen LogP contribution in [0.5, 0.6) is 5.75 Å². The third kappa shape index (κ3) is 4.31. The number of amides is 2. The van der Waals surface area contributed by atoms with Crippen molar-refractivity contribution >= 4 is 23.2 Å². The molecule has 0 atom stereocenters. The summed E-state index contributed by atoms with van der Waals surface area (Å²) in [7, 11) is 1.56. The Kier molecular flexibility index (Phi) is 5.63. The fraction of sp³-hybridized carbons (Fsp3) is 0.0476. The number of ether oxygens (including phenoxy) is 1. The van der Waals surface area contributed by atoms with E-state index in [4.69, 9.17) is 10.00 Å². The Hall–Kier alpha value is -4.18. The fourth-order valence-electron chi connectivity index (χ4n) is 2.45. The van der Waals surface area contributed by atoms with Crippen molar-refractivity contribution in [1.82, 2.24) is 4.98 Å². The first-order valence-corrected chi connectivity index (χ1v) is 8.32. The standard InChI is InChI=1S/C21H16N4O3/c1-28-17-8-6-16(7-9-17)24-20(26)14-10-11-23-19(12-14)21(27)25-18-5-3-2-4-15(18)13-22/h2-12H,1H3,(H,24,26)(H,25,27). The second-order valence-corrected chi connectivity index (χ2v) is 5.72. The van der Waals surface area contributed by atoms with Gasteiger partial charge in [-0.25, -0.2) is 0 Å². The predicted octanol–water partition coefficient (Wildman–Crippen LogP) is 3.47. The van der Waals surface area contributed by atoms with Gasteiger partial charge in [-0.15, -0.1) is 0 Å². The Bertz CT molecular complexity index is 1060. The van der Waals surface area contributed by atoms with Crippen molar-refractivity contribution in [1.29, 1.82) is 5.26 Å². The minimum absolute atomic E-state index is 0.0649. The molecule has 0 aliphatic heterocycles. The number of hydrogen-bond acceptors (Lipinski definition) is 5. The van der Waals surface area contributed by atoms with Crippen LogP contribution in [-0.4, -0.2) is 23.9 Å². The Balaban J connectivity index is 1.74. The van der Waals surface area contributed by atoms with Crippen LogP contribution in [0.1, 0.15) is 26.4 Å². The Morgan fingerprint density at radius 1 is 1.00 bits per heavy atom. The van der Waals surface area contributed by atoms with Crippen molar-refractivity contribution in [2.24, 2.45) is 0 Å². The zero-order valence-corrected chi connectivity index (χ0v) is 15.0. The number of carbonyl (C=O) groups is 2. The molecule has 0 saturated heterocycles. The maximum absolute atomic E-state index is 12.5. The van der Waals surface area contributed by atoms with E-state index in [1.807, 2.05) is 6.07 Å². The van der Waals surface area contributed by atoms with Gasteiger partial charge in [0.25, 0.3) is 11.8 Å². The number of hydrogen-bond donors (Lipinski definition) is 2. The first kappa shape index (κ1) is 18.6. The van der Waals surface area contributed by atoms with E-state index in [0.29, 0.717) is 22.7 Å². The molecule has 1 aromatic heterocycles. The summed E-state index contributed by atoms with van der Waals surface area (Å²) in [4.78, 5) is 28.9. The van der Waals surface area contributed by atoms with Gasteiger partial charge in [-0.05, 0) is 48.5 Å². The lowest BCUT2D eigenvalue weighted by atomic mass is 10.1. The molecule has 0 spiro atoms. The molecule has 0 bridgehead atoms. The van der Waals surface area contributed by atoms with Crippen LogP contribution >= 0.6 is 0 Å². The lowest BCUT2D eigenvalue weighted by Gasteiger charge is -2.09. The molecule has 138 valence electrons. The van der Waals surface area contributed by atoms with E-state index >= 15 is 0 Å². The van der Waals surface area contributed by atoms with Gasteiger partial charge < -0.3 is 15.4 Å². The number of carbonyl (C=O) groups excluding carboxylic acids is 2. The summed E-state index contributed by atoms with van der Waals surface area (Å²) in [5, 5.41) is 14.5. The highest BCUT2D eigenvalue weighted by Crippen LogP contribution is 2.17. The number of nitrogens with zero attached hydrogens (tertiary/aromatic N) is 2. The van der Waals surface area contributed by atoms with Crippen LogP contribution in [-0.2, 0) is 0 Å². The summed E-state index contributed by atoms with van der Waals surface area (Å²) in [5.74, 6) is -0.209. The molecular weight excluding hydrogens is 356 g/mol. The maximum atomic E-state index is 12.5. The molecule has 7 heteroatoms. The van der Waals surface area contributed by atoms with Crippen LogP contribution in [0.25, 0.3) is 0 Å². The Morgan fingerprint density at radius 3 is 2.46 bits per heavy atom. The molecule has 0 radical (unpaired) electrons. The number of rotatable bonds is 5. The van der Waals surface area contributed by atoms with Crippen molar-refractivity contribution in [2.75, 3.05) is 17.7 Å².